The summed E-state index contributed by atoms with van der Waals surface area (Å²) in [5.74, 6) is -0.000247. The van der Waals surface area contributed by atoms with Gasteiger partial charge < -0.3 is 9.72 Å². The summed E-state index contributed by atoms with van der Waals surface area (Å²) in [7, 11) is 0. The zero-order valence-corrected chi connectivity index (χ0v) is 13.3. The average molecular weight is 307 g/mol. The highest BCUT2D eigenvalue weighted by Gasteiger charge is 2.17. The molecule has 0 radical (unpaired) electrons. The van der Waals surface area contributed by atoms with E-state index in [0.29, 0.717) is 6.54 Å². The number of imidazole rings is 1. The fraction of sp³-hybridized carbons (Fsp3) is 0.263. The van der Waals surface area contributed by atoms with E-state index in [0.717, 1.165) is 29.7 Å². The van der Waals surface area contributed by atoms with Crippen LogP contribution < -0.4 is 5.32 Å². The van der Waals surface area contributed by atoms with Crippen molar-refractivity contribution < 1.29 is 4.79 Å². The molecular formula is C19H21N3O. The number of nitrogens with one attached hydrogen (secondary N) is 1. The molecule has 3 rings (SSSR count). The summed E-state index contributed by atoms with van der Waals surface area (Å²) in [6.45, 7) is 2.64. The molecule has 0 saturated heterocycles. The van der Waals surface area contributed by atoms with Crippen LogP contribution in [0.2, 0.25) is 0 Å². The molecule has 4 heteroatoms. The van der Waals surface area contributed by atoms with E-state index < -0.39 is 0 Å². The molecule has 0 unspecified atom stereocenters. The van der Waals surface area contributed by atoms with Gasteiger partial charge in [0.25, 0.3) is 0 Å². The van der Waals surface area contributed by atoms with Gasteiger partial charge in [0.05, 0.1) is 11.6 Å². The number of carbonyl (C=O) groups is 1. The number of rotatable bonds is 6. The maximum Gasteiger partial charge on any atom is 0.227 e. The van der Waals surface area contributed by atoms with Crippen molar-refractivity contribution in [2.24, 2.45) is 0 Å². The summed E-state index contributed by atoms with van der Waals surface area (Å²) in [4.78, 5) is 16.9. The molecule has 0 bridgehead atoms. The summed E-state index contributed by atoms with van der Waals surface area (Å²) in [6, 6.07) is 15.9. The van der Waals surface area contributed by atoms with Gasteiger partial charge in [-0.3, -0.25) is 4.79 Å². The van der Waals surface area contributed by atoms with Gasteiger partial charge in [0.15, 0.2) is 0 Å². The fourth-order valence-electron chi connectivity index (χ4n) is 2.80. The molecule has 2 aromatic heterocycles. The number of hydrogen-bond acceptors (Lipinski definition) is 2. The Labute approximate surface area is 136 Å². The molecule has 1 aromatic carbocycles. The SMILES string of the molecule is CC[C@@H](C(=O)NCCc1cn2ccccc2n1)c1ccccc1. The Morgan fingerprint density at radius 3 is 2.70 bits per heavy atom. The van der Waals surface area contributed by atoms with Crippen molar-refractivity contribution in [1.82, 2.24) is 14.7 Å². The number of fused-ring (bicyclic) bond motifs is 1. The first-order valence-electron chi connectivity index (χ1n) is 8.03. The minimum Gasteiger partial charge on any atom is -0.355 e. The molecule has 0 aliphatic carbocycles. The third-order valence-corrected chi connectivity index (χ3v) is 4.02. The smallest absolute Gasteiger partial charge is 0.227 e. The van der Waals surface area contributed by atoms with Crippen molar-refractivity contribution in [3.63, 3.8) is 0 Å². The molecular weight excluding hydrogens is 286 g/mol. The van der Waals surface area contributed by atoms with Crippen molar-refractivity contribution in [3.8, 4) is 0 Å². The number of amides is 1. The van der Waals surface area contributed by atoms with Crippen LogP contribution in [0.25, 0.3) is 5.65 Å². The first-order valence-corrected chi connectivity index (χ1v) is 8.03. The lowest BCUT2D eigenvalue weighted by Crippen LogP contribution is -2.30. The quantitative estimate of drug-likeness (QED) is 0.760. The second-order valence-corrected chi connectivity index (χ2v) is 5.61. The molecule has 3 aromatic rings. The number of carbonyl (C=O) groups excluding carboxylic acids is 1. The zero-order chi connectivity index (χ0) is 16.1. The van der Waals surface area contributed by atoms with Crippen LogP contribution in [0.1, 0.15) is 30.5 Å². The third kappa shape index (κ3) is 3.59. The largest absolute Gasteiger partial charge is 0.355 e. The van der Waals surface area contributed by atoms with Crippen LogP contribution in [0.5, 0.6) is 0 Å². The van der Waals surface area contributed by atoms with Crippen molar-refractivity contribution in [3.05, 3.63) is 72.2 Å². The molecule has 0 aliphatic heterocycles. The highest BCUT2D eigenvalue weighted by Crippen LogP contribution is 2.19. The minimum absolute atomic E-state index is 0.0856. The molecule has 0 saturated carbocycles. The van der Waals surface area contributed by atoms with Crippen LogP contribution in [0.15, 0.2) is 60.9 Å². The van der Waals surface area contributed by atoms with E-state index in [2.05, 4.69) is 10.3 Å². The second kappa shape index (κ2) is 7.09. The Morgan fingerprint density at radius 1 is 1.17 bits per heavy atom. The minimum atomic E-state index is -0.0859. The second-order valence-electron chi connectivity index (χ2n) is 5.61. The molecule has 0 aliphatic rings. The highest BCUT2D eigenvalue weighted by molar-refractivity contribution is 5.83. The van der Waals surface area contributed by atoms with Crippen molar-refractivity contribution >= 4 is 11.6 Å². The molecule has 1 N–H and O–H groups in total. The lowest BCUT2D eigenvalue weighted by Gasteiger charge is -2.15. The van der Waals surface area contributed by atoms with Gasteiger partial charge >= 0.3 is 0 Å². The third-order valence-electron chi connectivity index (χ3n) is 4.02. The Bertz CT molecular complexity index is 746. The van der Waals surface area contributed by atoms with Crippen LogP contribution in [-0.2, 0) is 11.2 Å². The van der Waals surface area contributed by atoms with Crippen molar-refractivity contribution in [1.29, 1.82) is 0 Å². The molecule has 23 heavy (non-hydrogen) atoms. The summed E-state index contributed by atoms with van der Waals surface area (Å²) in [5.41, 5.74) is 2.99. The lowest BCUT2D eigenvalue weighted by molar-refractivity contribution is -0.122. The van der Waals surface area contributed by atoms with Gasteiger partial charge in [-0.2, -0.15) is 0 Å². The van der Waals surface area contributed by atoms with Gasteiger partial charge in [0, 0.05) is 25.4 Å². The van der Waals surface area contributed by atoms with Gasteiger partial charge in [-0.15, -0.1) is 0 Å². The topological polar surface area (TPSA) is 46.4 Å². The number of nitrogens with zero attached hydrogens (tertiary/aromatic N) is 2. The Morgan fingerprint density at radius 2 is 1.96 bits per heavy atom. The van der Waals surface area contributed by atoms with Crippen LogP contribution >= 0.6 is 0 Å². The monoisotopic (exact) mass is 307 g/mol. The fourth-order valence-corrected chi connectivity index (χ4v) is 2.80. The predicted octanol–water partition coefficient (Wildman–Crippen LogP) is 3.19. The van der Waals surface area contributed by atoms with Gasteiger partial charge in [0.2, 0.25) is 5.91 Å². The first-order chi connectivity index (χ1) is 11.3. The van der Waals surface area contributed by atoms with E-state index in [-0.39, 0.29) is 11.8 Å². The van der Waals surface area contributed by atoms with Crippen molar-refractivity contribution in [2.75, 3.05) is 6.54 Å². The summed E-state index contributed by atoms with van der Waals surface area (Å²) >= 11 is 0. The zero-order valence-electron chi connectivity index (χ0n) is 13.3. The van der Waals surface area contributed by atoms with Gasteiger partial charge in [0.1, 0.15) is 5.65 Å². The van der Waals surface area contributed by atoms with Gasteiger partial charge in [-0.1, -0.05) is 43.3 Å². The highest BCUT2D eigenvalue weighted by atomic mass is 16.1. The molecule has 4 nitrogen and oxygen atoms in total. The standard InChI is InChI=1S/C19H21N3O/c1-2-17(15-8-4-3-5-9-15)19(23)20-12-11-16-14-22-13-7-6-10-18(22)21-16/h3-10,13-14,17H,2,11-12H2,1H3,(H,20,23)/t17-/m1/s1. The van der Waals surface area contributed by atoms with Crippen molar-refractivity contribution in [2.45, 2.75) is 25.7 Å². The number of benzene rings is 1. The Balaban J connectivity index is 1.58. The number of aromatic nitrogens is 2. The van der Waals surface area contributed by atoms with E-state index in [1.54, 1.807) is 0 Å². The van der Waals surface area contributed by atoms with E-state index in [1.165, 1.54) is 0 Å². The number of pyridine rings is 1. The first kappa shape index (κ1) is 15.3. The summed E-state index contributed by atoms with van der Waals surface area (Å²) in [6.07, 6.45) is 5.52. The van der Waals surface area contributed by atoms with E-state index >= 15 is 0 Å². The van der Waals surface area contributed by atoms with Gasteiger partial charge in [-0.25, -0.2) is 4.98 Å². The van der Waals surface area contributed by atoms with Gasteiger partial charge in [-0.05, 0) is 24.1 Å². The van der Waals surface area contributed by atoms with Crippen LogP contribution in [-0.4, -0.2) is 21.8 Å². The lowest BCUT2D eigenvalue weighted by atomic mass is 9.96. The summed E-state index contributed by atoms with van der Waals surface area (Å²) < 4.78 is 2.00. The molecule has 1 amide bonds. The molecule has 1 atom stereocenters. The molecule has 0 fully saturated rings. The Kier molecular flexibility index (Phi) is 4.71. The van der Waals surface area contributed by atoms with E-state index in [4.69, 9.17) is 0 Å². The van der Waals surface area contributed by atoms with Crippen LogP contribution in [0.3, 0.4) is 0 Å². The van der Waals surface area contributed by atoms with E-state index in [9.17, 15) is 4.79 Å². The molecule has 118 valence electrons. The Hall–Kier alpha value is -2.62. The summed E-state index contributed by atoms with van der Waals surface area (Å²) in [5, 5.41) is 3.04. The van der Waals surface area contributed by atoms with Crippen LogP contribution in [0, 0.1) is 0 Å². The van der Waals surface area contributed by atoms with E-state index in [1.807, 2.05) is 72.2 Å². The normalized spacial score (nSPS) is 12.2. The average Bonchev–Trinajstić information content (AvgIpc) is 2.99. The maximum absolute atomic E-state index is 12.4. The molecule has 0 spiro atoms. The van der Waals surface area contributed by atoms with Crippen LogP contribution in [0.4, 0.5) is 0 Å². The predicted molar refractivity (Wildman–Crippen MR) is 91.4 cm³/mol. The molecule has 2 heterocycles. The maximum atomic E-state index is 12.4. The number of hydrogen-bond donors (Lipinski definition) is 1.